The lowest BCUT2D eigenvalue weighted by Crippen LogP contribution is -2.46. The molecule has 1 aliphatic heterocycles. The molecule has 1 saturated heterocycles. The van der Waals surface area contributed by atoms with Gasteiger partial charge in [0.15, 0.2) is 0 Å². The number of carbonyl (C=O) groups excluding carboxylic acids is 1. The number of hydrogen-bond donors (Lipinski definition) is 1. The predicted molar refractivity (Wildman–Crippen MR) is 92.1 cm³/mol. The van der Waals surface area contributed by atoms with E-state index in [2.05, 4.69) is 20.7 Å². The normalized spacial score (nSPS) is 16.3. The van der Waals surface area contributed by atoms with Crippen LogP contribution in [0.25, 0.3) is 0 Å². The number of amides is 1. The van der Waals surface area contributed by atoms with Crippen molar-refractivity contribution in [3.8, 4) is 0 Å². The van der Waals surface area contributed by atoms with Crippen LogP contribution in [0.15, 0.2) is 56.6 Å². The topological polar surface area (TPSA) is 79.6 Å². The fourth-order valence-electron chi connectivity index (χ4n) is 2.69. The van der Waals surface area contributed by atoms with Crippen molar-refractivity contribution in [2.75, 3.05) is 13.1 Å². The summed E-state index contributed by atoms with van der Waals surface area (Å²) in [6, 6.07) is 8.04. The molecule has 8 heteroatoms. The molecule has 1 aliphatic rings. The molecule has 2 aromatic rings. The Morgan fingerprint density at radius 2 is 2.00 bits per heavy atom. The van der Waals surface area contributed by atoms with Crippen LogP contribution in [0.4, 0.5) is 0 Å². The van der Waals surface area contributed by atoms with Crippen LogP contribution in [0.3, 0.4) is 0 Å². The molecule has 0 spiro atoms. The van der Waals surface area contributed by atoms with Gasteiger partial charge in [-0.3, -0.25) is 4.79 Å². The van der Waals surface area contributed by atoms with Crippen molar-refractivity contribution < 1.29 is 17.6 Å². The Bertz CT molecular complexity index is 812. The van der Waals surface area contributed by atoms with E-state index in [-0.39, 0.29) is 16.8 Å². The zero-order valence-corrected chi connectivity index (χ0v) is 15.2. The third-order valence-electron chi connectivity index (χ3n) is 3.98. The van der Waals surface area contributed by atoms with E-state index in [0.717, 1.165) is 0 Å². The van der Waals surface area contributed by atoms with E-state index in [4.69, 9.17) is 4.42 Å². The fraction of sp³-hybridized carbons (Fsp3) is 0.312. The number of piperidine rings is 1. The molecule has 0 aliphatic carbocycles. The predicted octanol–water partition coefficient (Wildman–Crippen LogP) is 2.63. The van der Waals surface area contributed by atoms with E-state index >= 15 is 0 Å². The minimum Gasteiger partial charge on any atom is -0.472 e. The molecule has 1 N–H and O–H groups in total. The molecule has 2 heterocycles. The van der Waals surface area contributed by atoms with Crippen LogP contribution in [0.5, 0.6) is 0 Å². The monoisotopic (exact) mass is 412 g/mol. The largest absolute Gasteiger partial charge is 0.472 e. The van der Waals surface area contributed by atoms with E-state index in [1.807, 2.05) is 0 Å². The van der Waals surface area contributed by atoms with Crippen molar-refractivity contribution >= 4 is 31.9 Å². The van der Waals surface area contributed by atoms with Gasteiger partial charge in [0.1, 0.15) is 6.26 Å². The highest BCUT2D eigenvalue weighted by Gasteiger charge is 2.27. The standard InChI is InChI=1S/C16H17BrN2O4S/c17-13-2-1-3-15(10-13)24(21,22)18-14-4-7-19(8-5-14)16(20)12-6-9-23-11-12/h1-3,6,9-11,14,18H,4-5,7-8H2. The summed E-state index contributed by atoms with van der Waals surface area (Å²) in [5.74, 6) is -0.0861. The molecular formula is C16H17BrN2O4S. The van der Waals surface area contributed by atoms with Crippen LogP contribution in [0.1, 0.15) is 23.2 Å². The maximum atomic E-state index is 12.4. The van der Waals surface area contributed by atoms with Gasteiger partial charge in [-0.05, 0) is 37.1 Å². The van der Waals surface area contributed by atoms with E-state index < -0.39 is 10.0 Å². The van der Waals surface area contributed by atoms with Crippen LogP contribution in [-0.2, 0) is 10.0 Å². The summed E-state index contributed by atoms with van der Waals surface area (Å²) in [4.78, 5) is 14.2. The molecule has 1 amide bonds. The maximum absolute atomic E-state index is 12.4. The Balaban J connectivity index is 1.60. The van der Waals surface area contributed by atoms with Gasteiger partial charge in [0, 0.05) is 23.6 Å². The Hall–Kier alpha value is -1.64. The Morgan fingerprint density at radius 1 is 1.25 bits per heavy atom. The first-order valence-corrected chi connectivity index (χ1v) is 9.83. The van der Waals surface area contributed by atoms with Crippen molar-refractivity contribution in [1.29, 1.82) is 0 Å². The summed E-state index contributed by atoms with van der Waals surface area (Å²) in [5, 5.41) is 0. The van der Waals surface area contributed by atoms with Gasteiger partial charge in [-0.1, -0.05) is 22.0 Å². The molecule has 6 nitrogen and oxygen atoms in total. The van der Waals surface area contributed by atoms with Gasteiger partial charge in [0.25, 0.3) is 5.91 Å². The average Bonchev–Trinajstić information content (AvgIpc) is 3.09. The lowest BCUT2D eigenvalue weighted by Gasteiger charge is -2.32. The summed E-state index contributed by atoms with van der Waals surface area (Å²) >= 11 is 3.28. The number of nitrogens with one attached hydrogen (secondary N) is 1. The Morgan fingerprint density at radius 3 is 2.62 bits per heavy atom. The van der Waals surface area contributed by atoms with Gasteiger partial charge in [-0.25, -0.2) is 13.1 Å². The summed E-state index contributed by atoms with van der Waals surface area (Å²) in [6.07, 6.45) is 4.05. The van der Waals surface area contributed by atoms with E-state index in [1.165, 1.54) is 12.5 Å². The number of halogens is 1. The molecule has 1 aromatic carbocycles. The number of carbonyl (C=O) groups is 1. The molecule has 3 rings (SSSR count). The fourth-order valence-corrected chi connectivity index (χ4v) is 4.59. The number of nitrogens with zero attached hydrogens (tertiary/aromatic N) is 1. The summed E-state index contributed by atoms with van der Waals surface area (Å²) < 4.78 is 33.2. The zero-order chi connectivity index (χ0) is 17.2. The average molecular weight is 413 g/mol. The second kappa shape index (κ2) is 7.08. The highest BCUT2D eigenvalue weighted by atomic mass is 79.9. The number of hydrogen-bond acceptors (Lipinski definition) is 4. The molecular weight excluding hydrogens is 396 g/mol. The molecule has 24 heavy (non-hydrogen) atoms. The smallest absolute Gasteiger partial charge is 0.257 e. The number of furan rings is 1. The Kier molecular flexibility index (Phi) is 5.07. The zero-order valence-electron chi connectivity index (χ0n) is 12.8. The van der Waals surface area contributed by atoms with Crippen molar-refractivity contribution in [2.24, 2.45) is 0 Å². The second-order valence-electron chi connectivity index (χ2n) is 5.66. The number of likely N-dealkylation sites (tertiary alicyclic amines) is 1. The molecule has 0 radical (unpaired) electrons. The quantitative estimate of drug-likeness (QED) is 0.836. The van der Waals surface area contributed by atoms with Crippen LogP contribution in [-0.4, -0.2) is 38.4 Å². The third-order valence-corrected chi connectivity index (χ3v) is 5.99. The third kappa shape index (κ3) is 3.88. The lowest BCUT2D eigenvalue weighted by molar-refractivity contribution is 0.0710. The minimum atomic E-state index is -3.56. The number of rotatable bonds is 4. The minimum absolute atomic E-state index is 0.0861. The van der Waals surface area contributed by atoms with E-state index in [9.17, 15) is 13.2 Å². The van der Waals surface area contributed by atoms with Gasteiger partial charge in [-0.2, -0.15) is 0 Å². The summed E-state index contributed by atoms with van der Waals surface area (Å²) in [6.45, 7) is 1.02. The molecule has 1 aromatic heterocycles. The van der Waals surface area contributed by atoms with Crippen molar-refractivity contribution in [3.05, 3.63) is 52.9 Å². The first-order chi connectivity index (χ1) is 11.5. The number of sulfonamides is 1. The molecule has 0 unspecified atom stereocenters. The maximum Gasteiger partial charge on any atom is 0.257 e. The first kappa shape index (κ1) is 17.2. The van der Waals surface area contributed by atoms with Gasteiger partial charge < -0.3 is 9.32 Å². The van der Waals surface area contributed by atoms with Gasteiger partial charge >= 0.3 is 0 Å². The van der Waals surface area contributed by atoms with Crippen LogP contribution >= 0.6 is 15.9 Å². The first-order valence-electron chi connectivity index (χ1n) is 7.55. The second-order valence-corrected chi connectivity index (χ2v) is 8.29. The molecule has 0 saturated carbocycles. The SMILES string of the molecule is O=C(c1ccoc1)N1CCC(NS(=O)(=O)c2cccc(Br)c2)CC1. The molecule has 128 valence electrons. The van der Waals surface area contributed by atoms with Crippen LogP contribution < -0.4 is 4.72 Å². The van der Waals surface area contributed by atoms with E-state index in [1.54, 1.807) is 35.2 Å². The van der Waals surface area contributed by atoms with Gasteiger partial charge in [-0.15, -0.1) is 0 Å². The Labute approximate surface area is 149 Å². The van der Waals surface area contributed by atoms with Crippen molar-refractivity contribution in [3.63, 3.8) is 0 Å². The highest BCUT2D eigenvalue weighted by molar-refractivity contribution is 9.10. The summed E-state index contributed by atoms with van der Waals surface area (Å²) in [5.41, 5.74) is 0.517. The molecule has 0 atom stereocenters. The van der Waals surface area contributed by atoms with Crippen molar-refractivity contribution in [2.45, 2.75) is 23.8 Å². The van der Waals surface area contributed by atoms with Crippen LogP contribution in [0, 0.1) is 0 Å². The number of benzene rings is 1. The highest BCUT2D eigenvalue weighted by Crippen LogP contribution is 2.19. The lowest BCUT2D eigenvalue weighted by atomic mass is 10.1. The van der Waals surface area contributed by atoms with Crippen LogP contribution in [0.2, 0.25) is 0 Å². The van der Waals surface area contributed by atoms with Gasteiger partial charge in [0.2, 0.25) is 10.0 Å². The van der Waals surface area contributed by atoms with E-state index in [0.29, 0.717) is 36.0 Å². The summed E-state index contributed by atoms with van der Waals surface area (Å²) in [7, 11) is -3.56. The van der Waals surface area contributed by atoms with Crippen molar-refractivity contribution in [1.82, 2.24) is 9.62 Å². The van der Waals surface area contributed by atoms with Gasteiger partial charge in [0.05, 0.1) is 16.7 Å². The molecule has 1 fully saturated rings. The molecule has 0 bridgehead atoms.